The Morgan fingerprint density at radius 1 is 1.18 bits per heavy atom. The molecule has 1 unspecified atom stereocenters. The second-order valence-corrected chi connectivity index (χ2v) is 8.60. The first-order valence-electron chi connectivity index (χ1n) is 10.6. The molecule has 7 atom stereocenters. The van der Waals surface area contributed by atoms with Crippen LogP contribution in [0.1, 0.15) is 58.8 Å². The van der Waals surface area contributed by atoms with Crippen LogP contribution in [0, 0.1) is 5.92 Å². The van der Waals surface area contributed by atoms with Crippen LogP contribution in [0.15, 0.2) is 36.5 Å². The molecule has 0 amide bonds. The zero-order chi connectivity index (χ0) is 20.1. The number of fused-ring (bicyclic) bond motifs is 3. The lowest BCUT2D eigenvalue weighted by atomic mass is 9.91. The molecule has 0 aromatic carbocycles. The minimum atomic E-state index is -0.728. The molecule has 1 saturated heterocycles. The van der Waals surface area contributed by atoms with Crippen LogP contribution in [-0.4, -0.2) is 47.7 Å². The average Bonchev–Trinajstić information content (AvgIpc) is 3.37. The van der Waals surface area contributed by atoms with Gasteiger partial charge in [-0.3, -0.25) is 0 Å². The molecule has 3 aliphatic rings. The van der Waals surface area contributed by atoms with Crippen molar-refractivity contribution in [1.29, 1.82) is 0 Å². The normalized spacial score (nSPS) is 39.8. The fourth-order valence-corrected chi connectivity index (χ4v) is 4.19. The predicted molar refractivity (Wildman–Crippen MR) is 108 cm³/mol. The molecule has 3 rings (SSSR count). The summed E-state index contributed by atoms with van der Waals surface area (Å²) in [5.74, 6) is 0.104. The third-order valence-corrected chi connectivity index (χ3v) is 5.78. The van der Waals surface area contributed by atoms with Crippen molar-refractivity contribution < 1.29 is 24.1 Å². The van der Waals surface area contributed by atoms with Gasteiger partial charge in [-0.1, -0.05) is 37.3 Å². The molecule has 2 bridgehead atoms. The van der Waals surface area contributed by atoms with E-state index in [2.05, 4.69) is 25.7 Å². The number of ether oxygens (including phenoxy) is 3. The SMILES string of the molecule is C=C1CC[C@@H]2O[C@H]2CC([C@H](C)O)OC(=O)/C=C\C[C@@H]2C=CC[C@@H](C[C@@H](C)C1)O2. The van der Waals surface area contributed by atoms with Crippen molar-refractivity contribution >= 4 is 5.97 Å². The van der Waals surface area contributed by atoms with E-state index in [0.717, 1.165) is 32.1 Å². The van der Waals surface area contributed by atoms with Gasteiger partial charge in [0.05, 0.1) is 30.5 Å². The standard InChI is InChI=1S/C23H34O5/c1-15-10-11-20-22(27-20)14-21(17(3)24)28-23(25)9-5-7-18-6-4-8-19(26-18)13-16(2)12-15/h4-6,9,16-22,24H,1,7-8,10-14H2,2-3H3/b9-5-/t16-,17-,18-,19-,20-,21?,22-/m0/s1. The third-order valence-electron chi connectivity index (χ3n) is 5.78. The van der Waals surface area contributed by atoms with E-state index in [1.54, 1.807) is 13.0 Å². The Morgan fingerprint density at radius 3 is 2.79 bits per heavy atom. The summed E-state index contributed by atoms with van der Waals surface area (Å²) in [5, 5.41) is 9.98. The molecule has 0 saturated carbocycles. The zero-order valence-corrected chi connectivity index (χ0v) is 17.1. The van der Waals surface area contributed by atoms with Crippen molar-refractivity contribution in [3.05, 3.63) is 36.5 Å². The molecule has 156 valence electrons. The van der Waals surface area contributed by atoms with Crippen molar-refractivity contribution in [2.45, 2.75) is 95.4 Å². The Morgan fingerprint density at radius 2 is 2.00 bits per heavy atom. The minimum absolute atomic E-state index is 0.00901. The lowest BCUT2D eigenvalue weighted by Gasteiger charge is -2.28. The highest BCUT2D eigenvalue weighted by Gasteiger charge is 2.41. The molecular weight excluding hydrogens is 356 g/mol. The predicted octanol–water partition coefficient (Wildman–Crippen LogP) is 3.86. The number of hydrogen-bond donors (Lipinski definition) is 1. The first-order chi connectivity index (χ1) is 13.4. The summed E-state index contributed by atoms with van der Waals surface area (Å²) in [4.78, 5) is 12.1. The van der Waals surface area contributed by atoms with Gasteiger partial charge in [0.15, 0.2) is 0 Å². The lowest BCUT2D eigenvalue weighted by Crippen LogP contribution is -2.30. The Balaban J connectivity index is 1.65. The van der Waals surface area contributed by atoms with Gasteiger partial charge in [-0.05, 0) is 51.4 Å². The molecule has 1 N–H and O–H groups in total. The van der Waals surface area contributed by atoms with Gasteiger partial charge >= 0.3 is 5.97 Å². The molecular formula is C23H34O5. The fraction of sp³-hybridized carbons (Fsp3) is 0.696. The van der Waals surface area contributed by atoms with Gasteiger partial charge < -0.3 is 19.3 Å². The molecule has 0 aromatic heterocycles. The molecule has 5 heteroatoms. The molecule has 0 spiro atoms. The maximum Gasteiger partial charge on any atom is 0.330 e. The molecule has 3 heterocycles. The first-order valence-corrected chi connectivity index (χ1v) is 10.6. The number of esters is 1. The van der Waals surface area contributed by atoms with E-state index < -0.39 is 18.2 Å². The number of allylic oxidation sites excluding steroid dienone is 1. The van der Waals surface area contributed by atoms with Crippen molar-refractivity contribution in [3.8, 4) is 0 Å². The summed E-state index contributed by atoms with van der Waals surface area (Å²) in [7, 11) is 0. The maximum absolute atomic E-state index is 12.1. The van der Waals surface area contributed by atoms with Crippen molar-refractivity contribution in [2.75, 3.05) is 0 Å². The summed E-state index contributed by atoms with van der Waals surface area (Å²) in [6.45, 7) is 8.16. The number of rotatable bonds is 1. The number of aliphatic hydroxyl groups excluding tert-OH is 1. The molecule has 0 aromatic rings. The van der Waals surface area contributed by atoms with Crippen molar-refractivity contribution in [2.24, 2.45) is 5.92 Å². The van der Waals surface area contributed by atoms with Crippen molar-refractivity contribution in [1.82, 2.24) is 0 Å². The third kappa shape index (κ3) is 6.57. The molecule has 5 nitrogen and oxygen atoms in total. The molecule has 0 aliphatic carbocycles. The second kappa shape index (κ2) is 9.86. The number of epoxide rings is 1. The summed E-state index contributed by atoms with van der Waals surface area (Å²) < 4.78 is 17.4. The van der Waals surface area contributed by atoms with Crippen LogP contribution in [0.5, 0.6) is 0 Å². The van der Waals surface area contributed by atoms with E-state index in [1.165, 1.54) is 11.6 Å². The quantitative estimate of drug-likeness (QED) is 0.418. The van der Waals surface area contributed by atoms with Crippen molar-refractivity contribution in [3.63, 3.8) is 0 Å². The van der Waals surface area contributed by atoms with Crippen LogP contribution in [0.3, 0.4) is 0 Å². The number of carbonyl (C=O) groups is 1. The Hall–Kier alpha value is -1.43. The average molecular weight is 391 g/mol. The van der Waals surface area contributed by atoms with E-state index in [1.807, 2.05) is 0 Å². The Kier molecular flexibility index (Phi) is 7.49. The number of carbonyl (C=O) groups excluding carboxylic acids is 1. The molecule has 3 aliphatic heterocycles. The number of hydrogen-bond acceptors (Lipinski definition) is 5. The van der Waals surface area contributed by atoms with Crippen LogP contribution in [0.2, 0.25) is 0 Å². The minimum Gasteiger partial charge on any atom is -0.456 e. The number of aliphatic hydroxyl groups is 1. The van der Waals surface area contributed by atoms with Gasteiger partial charge in [-0.15, -0.1) is 0 Å². The monoisotopic (exact) mass is 390 g/mol. The largest absolute Gasteiger partial charge is 0.456 e. The number of cyclic esters (lactones) is 1. The molecule has 1 fully saturated rings. The Bertz CT molecular complexity index is 608. The lowest BCUT2D eigenvalue weighted by molar-refractivity contribution is -0.149. The summed E-state index contributed by atoms with van der Waals surface area (Å²) in [5.41, 5.74) is 1.26. The highest BCUT2D eigenvalue weighted by Crippen LogP contribution is 2.34. The molecule has 28 heavy (non-hydrogen) atoms. The van der Waals surface area contributed by atoms with Crippen LogP contribution in [0.4, 0.5) is 0 Å². The highest BCUT2D eigenvalue weighted by atomic mass is 16.6. The van der Waals surface area contributed by atoms with E-state index >= 15 is 0 Å². The molecule has 0 radical (unpaired) electrons. The Labute approximate surface area is 168 Å². The van der Waals surface area contributed by atoms with E-state index in [9.17, 15) is 9.90 Å². The van der Waals surface area contributed by atoms with Crippen LogP contribution < -0.4 is 0 Å². The van der Waals surface area contributed by atoms with Gasteiger partial charge in [0.25, 0.3) is 0 Å². The van der Waals surface area contributed by atoms with Crippen LogP contribution >= 0.6 is 0 Å². The topological polar surface area (TPSA) is 68.3 Å². The van der Waals surface area contributed by atoms with Gasteiger partial charge in [-0.25, -0.2) is 4.79 Å². The van der Waals surface area contributed by atoms with E-state index in [0.29, 0.717) is 18.8 Å². The highest BCUT2D eigenvalue weighted by molar-refractivity contribution is 5.82. The first kappa shape index (κ1) is 21.3. The second-order valence-electron chi connectivity index (χ2n) is 8.60. The van der Waals surface area contributed by atoms with E-state index in [4.69, 9.17) is 14.2 Å². The van der Waals surface area contributed by atoms with E-state index in [-0.39, 0.29) is 24.4 Å². The van der Waals surface area contributed by atoms with Gasteiger partial charge in [0.1, 0.15) is 6.10 Å². The smallest absolute Gasteiger partial charge is 0.330 e. The van der Waals surface area contributed by atoms with Crippen LogP contribution in [-0.2, 0) is 19.0 Å². The van der Waals surface area contributed by atoms with Gasteiger partial charge in [0.2, 0.25) is 0 Å². The zero-order valence-electron chi connectivity index (χ0n) is 17.1. The summed E-state index contributed by atoms with van der Waals surface area (Å²) in [6, 6.07) is 0. The summed E-state index contributed by atoms with van der Waals surface area (Å²) >= 11 is 0. The van der Waals surface area contributed by atoms with Crippen LogP contribution in [0.25, 0.3) is 0 Å². The maximum atomic E-state index is 12.1. The summed E-state index contributed by atoms with van der Waals surface area (Å²) in [6.07, 6.45) is 12.6. The fourth-order valence-electron chi connectivity index (χ4n) is 4.19. The van der Waals surface area contributed by atoms with Gasteiger partial charge in [0, 0.05) is 12.5 Å². The van der Waals surface area contributed by atoms with Gasteiger partial charge in [-0.2, -0.15) is 0 Å².